The smallest absolute Gasteiger partial charge is 0.416 e. The Morgan fingerprint density at radius 1 is 0.889 bits per heavy atom. The van der Waals surface area contributed by atoms with Crippen LogP contribution < -0.4 is 15.0 Å². The van der Waals surface area contributed by atoms with Gasteiger partial charge in [0.1, 0.15) is 18.5 Å². The summed E-state index contributed by atoms with van der Waals surface area (Å²) in [6.07, 6.45) is -5.34. The van der Waals surface area contributed by atoms with Crippen LogP contribution >= 0.6 is 15.9 Å². The lowest BCUT2D eigenvalue weighted by Crippen LogP contribution is -2.43. The van der Waals surface area contributed by atoms with Gasteiger partial charge in [-0.05, 0) is 54.1 Å². The second-order valence-corrected chi connectivity index (χ2v) is 9.19. The highest BCUT2D eigenvalue weighted by molar-refractivity contribution is 9.10. The number of alkyl halides is 3. The van der Waals surface area contributed by atoms with Crippen molar-refractivity contribution in [2.75, 3.05) is 10.2 Å². The van der Waals surface area contributed by atoms with Gasteiger partial charge in [0.25, 0.3) is 5.91 Å². The molecule has 1 heterocycles. The summed E-state index contributed by atoms with van der Waals surface area (Å²) in [5.74, 6) is 0.106. The highest BCUT2D eigenvalue weighted by Gasteiger charge is 2.37. The first kappa shape index (κ1) is 23.9. The number of hydrogen-bond donors (Lipinski definition) is 1. The Labute approximate surface area is 214 Å². The lowest BCUT2D eigenvalue weighted by molar-refractivity contribution is -0.137. The number of carbonyl (C=O) groups is 1. The topological polar surface area (TPSA) is 41.6 Å². The molecule has 1 unspecified atom stereocenters. The minimum absolute atomic E-state index is 0.128. The number of anilines is 2. The van der Waals surface area contributed by atoms with Gasteiger partial charge >= 0.3 is 6.18 Å². The van der Waals surface area contributed by atoms with E-state index in [-0.39, 0.29) is 12.3 Å². The zero-order chi connectivity index (χ0) is 25.3. The van der Waals surface area contributed by atoms with E-state index in [9.17, 15) is 18.0 Å². The predicted molar refractivity (Wildman–Crippen MR) is 136 cm³/mol. The number of carbonyl (C=O) groups excluding carboxylic acids is 1. The van der Waals surface area contributed by atoms with Gasteiger partial charge in [-0.25, -0.2) is 0 Å². The Morgan fingerprint density at radius 2 is 1.64 bits per heavy atom. The summed E-state index contributed by atoms with van der Waals surface area (Å²) in [6.45, 7) is 0.275. The number of nitrogens with zero attached hydrogens (tertiary/aromatic N) is 1. The summed E-state index contributed by atoms with van der Waals surface area (Å²) in [5.41, 5.74) is 1.82. The number of amides is 1. The molecule has 0 aromatic heterocycles. The van der Waals surface area contributed by atoms with Crippen molar-refractivity contribution < 1.29 is 22.7 Å². The minimum atomic E-state index is -4.54. The van der Waals surface area contributed by atoms with Crippen LogP contribution in [-0.4, -0.2) is 5.91 Å². The second-order valence-electron chi connectivity index (χ2n) is 8.27. The van der Waals surface area contributed by atoms with E-state index in [0.717, 1.165) is 22.2 Å². The number of hydrogen-bond acceptors (Lipinski definition) is 3. The van der Waals surface area contributed by atoms with Gasteiger partial charge in [0.2, 0.25) is 0 Å². The highest BCUT2D eigenvalue weighted by Crippen LogP contribution is 2.41. The SMILES string of the molecule is O=C1c2ccccc2NC(c2ccccc2OCc2cccc(Br)c2)N1c1cccc(C(F)(F)F)c1. The lowest BCUT2D eigenvalue weighted by Gasteiger charge is -2.38. The molecule has 0 saturated carbocycles. The molecule has 4 aromatic rings. The van der Waals surface area contributed by atoms with E-state index in [1.807, 2.05) is 30.3 Å². The number of ether oxygens (including phenoxy) is 1. The summed E-state index contributed by atoms with van der Waals surface area (Å²) in [6, 6.07) is 26.6. The molecule has 36 heavy (non-hydrogen) atoms. The molecular weight excluding hydrogens is 533 g/mol. The molecule has 0 radical (unpaired) electrons. The normalized spacial score (nSPS) is 15.3. The molecule has 5 rings (SSSR count). The third-order valence-electron chi connectivity index (χ3n) is 5.88. The van der Waals surface area contributed by atoms with Crippen LogP contribution in [0.2, 0.25) is 0 Å². The number of rotatable bonds is 5. The highest BCUT2D eigenvalue weighted by atomic mass is 79.9. The molecule has 0 saturated heterocycles. The van der Waals surface area contributed by atoms with Gasteiger partial charge in [0.15, 0.2) is 0 Å². The summed E-state index contributed by atoms with van der Waals surface area (Å²) in [4.78, 5) is 15.0. The van der Waals surface area contributed by atoms with Crippen molar-refractivity contribution in [1.29, 1.82) is 0 Å². The van der Waals surface area contributed by atoms with Crippen molar-refractivity contribution >= 4 is 33.2 Å². The molecule has 1 N–H and O–H groups in total. The third-order valence-corrected chi connectivity index (χ3v) is 6.37. The maximum atomic E-state index is 13.6. The first-order valence-electron chi connectivity index (χ1n) is 11.1. The van der Waals surface area contributed by atoms with Gasteiger partial charge in [0.05, 0.1) is 11.1 Å². The minimum Gasteiger partial charge on any atom is -0.488 e. The lowest BCUT2D eigenvalue weighted by atomic mass is 10.0. The second kappa shape index (κ2) is 9.70. The van der Waals surface area contributed by atoms with Gasteiger partial charge in [-0.1, -0.05) is 64.5 Å². The molecular formula is C28H20BrF3N2O2. The van der Waals surface area contributed by atoms with Crippen LogP contribution in [0, 0.1) is 0 Å². The molecule has 1 aliphatic heterocycles. The molecule has 0 spiro atoms. The molecule has 1 atom stereocenters. The number of nitrogens with one attached hydrogen (secondary N) is 1. The zero-order valence-electron chi connectivity index (χ0n) is 18.8. The van der Waals surface area contributed by atoms with Gasteiger partial charge in [-0.2, -0.15) is 13.2 Å². The molecule has 0 aliphatic carbocycles. The summed E-state index contributed by atoms with van der Waals surface area (Å²) < 4.78 is 47.6. The van der Waals surface area contributed by atoms with E-state index in [4.69, 9.17) is 4.74 Å². The number of para-hydroxylation sites is 2. The summed E-state index contributed by atoms with van der Waals surface area (Å²) in [5, 5.41) is 3.33. The van der Waals surface area contributed by atoms with Crippen molar-refractivity contribution in [1.82, 2.24) is 0 Å². The van der Waals surface area contributed by atoms with Gasteiger partial charge in [-0.3, -0.25) is 9.69 Å². The van der Waals surface area contributed by atoms with E-state index >= 15 is 0 Å². The van der Waals surface area contributed by atoms with Crippen molar-refractivity contribution in [3.05, 3.63) is 124 Å². The van der Waals surface area contributed by atoms with E-state index in [0.29, 0.717) is 22.6 Å². The quantitative estimate of drug-likeness (QED) is 0.274. The van der Waals surface area contributed by atoms with Crippen LogP contribution in [-0.2, 0) is 12.8 Å². The molecule has 0 bridgehead atoms. The standard InChI is InChI=1S/C28H20BrF3N2O2/c29-20-9-5-7-18(15-20)17-36-25-14-4-2-12-23(25)26-33-24-13-3-1-11-22(24)27(35)34(26)21-10-6-8-19(16-21)28(30,31)32/h1-16,26,33H,17H2. The fourth-order valence-electron chi connectivity index (χ4n) is 4.20. The predicted octanol–water partition coefficient (Wildman–Crippen LogP) is 7.82. The van der Waals surface area contributed by atoms with Crippen molar-refractivity contribution in [2.45, 2.75) is 18.9 Å². The maximum Gasteiger partial charge on any atom is 0.416 e. The van der Waals surface area contributed by atoms with Crippen molar-refractivity contribution in [2.24, 2.45) is 0 Å². The van der Waals surface area contributed by atoms with Crippen LogP contribution in [0.5, 0.6) is 5.75 Å². The fraction of sp³-hybridized carbons (Fsp3) is 0.107. The molecule has 4 nitrogen and oxygen atoms in total. The molecule has 1 aliphatic rings. The van der Waals surface area contributed by atoms with Gasteiger partial charge < -0.3 is 10.1 Å². The average Bonchev–Trinajstić information content (AvgIpc) is 2.87. The van der Waals surface area contributed by atoms with Crippen LogP contribution in [0.1, 0.15) is 33.2 Å². The van der Waals surface area contributed by atoms with E-state index in [1.54, 1.807) is 42.5 Å². The van der Waals surface area contributed by atoms with Crippen LogP contribution in [0.15, 0.2) is 102 Å². The Kier molecular flexibility index (Phi) is 6.45. The monoisotopic (exact) mass is 552 g/mol. The Hall–Kier alpha value is -3.78. The van der Waals surface area contributed by atoms with Crippen LogP contribution in [0.3, 0.4) is 0 Å². The molecule has 1 amide bonds. The average molecular weight is 553 g/mol. The Bertz CT molecular complexity index is 1420. The Balaban J connectivity index is 1.57. The first-order chi connectivity index (χ1) is 17.3. The molecule has 182 valence electrons. The number of benzene rings is 4. The summed E-state index contributed by atoms with van der Waals surface area (Å²) in [7, 11) is 0. The van der Waals surface area contributed by atoms with E-state index in [2.05, 4.69) is 21.2 Å². The number of halogens is 4. The molecule has 0 fully saturated rings. The van der Waals surface area contributed by atoms with Crippen LogP contribution in [0.25, 0.3) is 0 Å². The van der Waals surface area contributed by atoms with Gasteiger partial charge in [0, 0.05) is 21.4 Å². The van der Waals surface area contributed by atoms with Gasteiger partial charge in [-0.15, -0.1) is 0 Å². The first-order valence-corrected chi connectivity index (χ1v) is 11.9. The van der Waals surface area contributed by atoms with E-state index in [1.165, 1.54) is 17.0 Å². The third kappa shape index (κ3) is 4.81. The largest absolute Gasteiger partial charge is 0.488 e. The van der Waals surface area contributed by atoms with E-state index < -0.39 is 23.8 Å². The Morgan fingerprint density at radius 3 is 2.44 bits per heavy atom. The van der Waals surface area contributed by atoms with Crippen LogP contribution in [0.4, 0.5) is 24.5 Å². The number of fused-ring (bicyclic) bond motifs is 1. The fourth-order valence-corrected chi connectivity index (χ4v) is 4.64. The summed E-state index contributed by atoms with van der Waals surface area (Å²) >= 11 is 3.45. The zero-order valence-corrected chi connectivity index (χ0v) is 20.4. The molecule has 4 aromatic carbocycles. The maximum absolute atomic E-state index is 13.6. The van der Waals surface area contributed by atoms with Crippen molar-refractivity contribution in [3.8, 4) is 5.75 Å². The van der Waals surface area contributed by atoms with Crippen molar-refractivity contribution in [3.63, 3.8) is 0 Å². The molecule has 8 heteroatoms.